The van der Waals surface area contributed by atoms with E-state index in [1.807, 2.05) is 0 Å². The van der Waals surface area contributed by atoms with Crippen LogP contribution in [0.1, 0.15) is 132 Å². The Kier molecular flexibility index (Phi) is 6.38. The molecule has 0 spiro atoms. The van der Waals surface area contributed by atoms with E-state index in [9.17, 15) is 0 Å². The highest BCUT2D eigenvalue weighted by Crippen LogP contribution is 2.75. The summed E-state index contributed by atoms with van der Waals surface area (Å²) < 4.78 is 0. The highest BCUT2D eigenvalue weighted by molar-refractivity contribution is 5.17. The van der Waals surface area contributed by atoms with Gasteiger partial charge in [0, 0.05) is 0 Å². The van der Waals surface area contributed by atoms with Crippen molar-refractivity contribution in [1.82, 2.24) is 0 Å². The van der Waals surface area contributed by atoms with E-state index in [-0.39, 0.29) is 0 Å². The van der Waals surface area contributed by atoms with Gasteiger partial charge >= 0.3 is 0 Å². The summed E-state index contributed by atoms with van der Waals surface area (Å²) in [5.74, 6) is 2.79. The average molecular weight is 439 g/mol. The van der Waals surface area contributed by atoms with Crippen LogP contribution in [0.4, 0.5) is 0 Å². The van der Waals surface area contributed by atoms with Gasteiger partial charge in [-0.25, -0.2) is 0 Å². The molecule has 4 fully saturated rings. The number of hydrogen-bond acceptors (Lipinski definition) is 0. The fraction of sp³-hybridized carbons (Fsp3) is 0.875. The first-order valence-corrected chi connectivity index (χ1v) is 14.2. The molecular weight excluding hydrogens is 384 g/mol. The van der Waals surface area contributed by atoms with Gasteiger partial charge in [0.25, 0.3) is 0 Å². The van der Waals surface area contributed by atoms with E-state index in [0.717, 1.165) is 17.8 Å². The SMILES string of the molecule is C=C(C)CCCC1(C=CC)CCC2(C)C(CCC3C4(C)CCCC(C)(C)C4CCC32C)C1. The first-order valence-electron chi connectivity index (χ1n) is 14.2. The van der Waals surface area contributed by atoms with E-state index in [0.29, 0.717) is 27.1 Å². The number of hydrogen-bond donors (Lipinski definition) is 0. The van der Waals surface area contributed by atoms with Gasteiger partial charge in [0.15, 0.2) is 0 Å². The summed E-state index contributed by atoms with van der Waals surface area (Å²) in [5, 5.41) is 0. The van der Waals surface area contributed by atoms with Crippen LogP contribution in [0.3, 0.4) is 0 Å². The molecular formula is C32H54. The molecule has 32 heavy (non-hydrogen) atoms. The van der Waals surface area contributed by atoms with Crippen LogP contribution >= 0.6 is 0 Å². The van der Waals surface area contributed by atoms with E-state index in [1.54, 1.807) is 0 Å². The van der Waals surface area contributed by atoms with E-state index in [4.69, 9.17) is 0 Å². The van der Waals surface area contributed by atoms with Crippen LogP contribution in [0.25, 0.3) is 0 Å². The summed E-state index contributed by atoms with van der Waals surface area (Å²) in [7, 11) is 0. The lowest BCUT2D eigenvalue weighted by Crippen LogP contribution is -2.63. The summed E-state index contributed by atoms with van der Waals surface area (Å²) in [6.07, 6.45) is 23.5. The first-order chi connectivity index (χ1) is 14.9. The van der Waals surface area contributed by atoms with Crippen molar-refractivity contribution in [3.63, 3.8) is 0 Å². The fourth-order valence-corrected chi connectivity index (χ4v) is 10.6. The van der Waals surface area contributed by atoms with Crippen molar-refractivity contribution in [2.24, 2.45) is 44.8 Å². The number of fused-ring (bicyclic) bond motifs is 5. The highest BCUT2D eigenvalue weighted by atomic mass is 14.7. The molecule has 4 rings (SSSR count). The fourth-order valence-electron chi connectivity index (χ4n) is 10.6. The Morgan fingerprint density at radius 1 is 0.875 bits per heavy atom. The van der Waals surface area contributed by atoms with Crippen LogP contribution in [-0.2, 0) is 0 Å². The van der Waals surface area contributed by atoms with E-state index in [1.165, 1.54) is 89.0 Å². The van der Waals surface area contributed by atoms with Gasteiger partial charge in [-0.1, -0.05) is 58.8 Å². The molecule has 0 N–H and O–H groups in total. The zero-order valence-corrected chi connectivity index (χ0v) is 22.8. The average Bonchev–Trinajstić information content (AvgIpc) is 2.68. The summed E-state index contributed by atoms with van der Waals surface area (Å²) in [4.78, 5) is 0. The second kappa shape index (κ2) is 8.30. The third kappa shape index (κ3) is 3.69. The molecule has 182 valence electrons. The van der Waals surface area contributed by atoms with Crippen molar-refractivity contribution >= 4 is 0 Å². The Bertz CT molecular complexity index is 741. The Morgan fingerprint density at radius 2 is 1.62 bits per heavy atom. The monoisotopic (exact) mass is 438 g/mol. The first kappa shape index (κ1) is 24.6. The summed E-state index contributed by atoms with van der Waals surface area (Å²) in [6.45, 7) is 22.1. The lowest BCUT2D eigenvalue weighted by molar-refractivity contribution is -0.221. The van der Waals surface area contributed by atoms with Crippen molar-refractivity contribution in [1.29, 1.82) is 0 Å². The molecule has 4 aliphatic rings. The van der Waals surface area contributed by atoms with Gasteiger partial charge in [-0.3, -0.25) is 0 Å². The van der Waals surface area contributed by atoms with Crippen molar-refractivity contribution in [3.8, 4) is 0 Å². The molecule has 0 saturated heterocycles. The smallest absolute Gasteiger partial charge is 0.0115 e. The van der Waals surface area contributed by atoms with Gasteiger partial charge in [0.1, 0.15) is 0 Å². The number of rotatable bonds is 5. The molecule has 0 aromatic rings. The zero-order chi connectivity index (χ0) is 23.4. The molecule has 0 nitrogen and oxygen atoms in total. The minimum absolute atomic E-state index is 0.450. The lowest BCUT2D eigenvalue weighted by Gasteiger charge is -2.71. The quantitative estimate of drug-likeness (QED) is 0.374. The zero-order valence-electron chi connectivity index (χ0n) is 22.8. The Hall–Kier alpha value is -0.520. The van der Waals surface area contributed by atoms with Crippen LogP contribution in [0, 0.1) is 44.8 Å². The van der Waals surface area contributed by atoms with Crippen LogP contribution in [0.5, 0.6) is 0 Å². The molecule has 0 amide bonds. The van der Waals surface area contributed by atoms with Gasteiger partial charge < -0.3 is 0 Å². The second-order valence-corrected chi connectivity index (χ2v) is 14.5. The van der Waals surface area contributed by atoms with Crippen LogP contribution < -0.4 is 0 Å². The van der Waals surface area contributed by atoms with Gasteiger partial charge in [-0.05, 0) is 136 Å². The summed E-state index contributed by atoms with van der Waals surface area (Å²) in [6, 6.07) is 0. The van der Waals surface area contributed by atoms with E-state index in [2.05, 4.69) is 67.2 Å². The highest BCUT2D eigenvalue weighted by Gasteiger charge is 2.66. The van der Waals surface area contributed by atoms with Gasteiger partial charge in [0.2, 0.25) is 0 Å². The van der Waals surface area contributed by atoms with E-state index < -0.39 is 0 Å². The normalized spacial score (nSPS) is 48.0. The second-order valence-electron chi connectivity index (χ2n) is 14.5. The molecule has 0 aromatic carbocycles. The van der Waals surface area contributed by atoms with Crippen molar-refractivity contribution in [2.75, 3.05) is 0 Å². The van der Waals surface area contributed by atoms with Crippen molar-refractivity contribution < 1.29 is 0 Å². The molecule has 0 radical (unpaired) electrons. The molecule has 0 heterocycles. The van der Waals surface area contributed by atoms with Crippen LogP contribution in [-0.4, -0.2) is 0 Å². The van der Waals surface area contributed by atoms with Crippen molar-refractivity contribution in [2.45, 2.75) is 132 Å². The minimum atomic E-state index is 0.450. The maximum absolute atomic E-state index is 4.17. The molecule has 0 heteroatoms. The summed E-state index contributed by atoms with van der Waals surface area (Å²) >= 11 is 0. The molecule has 7 atom stereocenters. The lowest BCUT2D eigenvalue weighted by atomic mass is 9.33. The van der Waals surface area contributed by atoms with Gasteiger partial charge in [-0.2, -0.15) is 0 Å². The van der Waals surface area contributed by atoms with Gasteiger partial charge in [-0.15, -0.1) is 6.58 Å². The third-order valence-corrected chi connectivity index (χ3v) is 12.4. The minimum Gasteiger partial charge on any atom is -0.100 e. The van der Waals surface area contributed by atoms with E-state index >= 15 is 0 Å². The Labute approximate surface area is 201 Å². The molecule has 4 aliphatic carbocycles. The summed E-state index contributed by atoms with van der Waals surface area (Å²) in [5.41, 5.74) is 3.99. The maximum atomic E-state index is 4.17. The molecule has 0 bridgehead atoms. The molecule has 0 aliphatic heterocycles. The Balaban J connectivity index is 1.60. The van der Waals surface area contributed by atoms with Crippen LogP contribution in [0.15, 0.2) is 24.3 Å². The number of allylic oxidation sites excluding steroid dienone is 3. The standard InChI is InChI=1S/C32H54/c1-9-16-32(19-10-12-24(2)3)22-21-30(7)25(23-32)13-14-27-29(6)18-11-17-28(4,5)26(29)15-20-31(27,30)8/h9,16,25-27H,2,10-15,17-23H2,1,3-8H3. The molecule has 0 aromatic heterocycles. The Morgan fingerprint density at radius 3 is 2.31 bits per heavy atom. The molecule has 7 unspecified atom stereocenters. The van der Waals surface area contributed by atoms with Crippen LogP contribution in [0.2, 0.25) is 0 Å². The maximum Gasteiger partial charge on any atom is -0.0115 e. The predicted molar refractivity (Wildman–Crippen MR) is 141 cm³/mol. The third-order valence-electron chi connectivity index (χ3n) is 12.4. The molecule has 4 saturated carbocycles. The van der Waals surface area contributed by atoms with Gasteiger partial charge in [0.05, 0.1) is 0 Å². The van der Waals surface area contributed by atoms with Crippen molar-refractivity contribution in [3.05, 3.63) is 24.3 Å². The largest absolute Gasteiger partial charge is 0.100 e. The predicted octanol–water partition coefficient (Wildman–Crippen LogP) is 10.1. The topological polar surface area (TPSA) is 0 Å².